The highest BCUT2D eigenvalue weighted by atomic mass is 32.2. The van der Waals surface area contributed by atoms with Crippen LogP contribution in [0.15, 0.2) is 30.3 Å². The van der Waals surface area contributed by atoms with Crippen LogP contribution in [0, 0.1) is 0 Å². The third-order valence-electron chi connectivity index (χ3n) is 1.86. The van der Waals surface area contributed by atoms with E-state index < -0.39 is 10.8 Å². The zero-order valence-electron chi connectivity index (χ0n) is 6.60. The summed E-state index contributed by atoms with van der Waals surface area (Å²) < 4.78 is 11.7. The Morgan fingerprint density at radius 3 is 2.67 bits per heavy atom. The maximum atomic E-state index is 11.5. The number of hydrogen-bond donors (Lipinski definition) is 0. The van der Waals surface area contributed by atoms with Crippen LogP contribution in [0.1, 0.15) is 10.1 Å². The van der Waals surface area contributed by atoms with Gasteiger partial charge < -0.3 is 0 Å². The molecule has 1 saturated heterocycles. The molecule has 1 aliphatic rings. The van der Waals surface area contributed by atoms with Crippen LogP contribution in [-0.4, -0.2) is 15.7 Å². The van der Waals surface area contributed by atoms with Crippen molar-refractivity contribution in [1.29, 1.82) is 0 Å². The molecule has 64 valence electrons. The van der Waals surface area contributed by atoms with Gasteiger partial charge in [0.15, 0.2) is 0 Å². The lowest BCUT2D eigenvalue weighted by Crippen LogP contribution is -1.97. The van der Waals surface area contributed by atoms with Gasteiger partial charge in [-0.3, -0.25) is 4.21 Å². The summed E-state index contributed by atoms with van der Waals surface area (Å²) in [5, 5.41) is 0. The monoisotopic (exact) mass is 198 g/mol. The highest BCUT2D eigenvalue weighted by Crippen LogP contribution is 2.37. The van der Waals surface area contributed by atoms with Crippen LogP contribution in [0.2, 0.25) is 0 Å². The van der Waals surface area contributed by atoms with Gasteiger partial charge in [-0.1, -0.05) is 30.3 Å². The molecule has 1 unspecified atom stereocenters. The average molecular weight is 198 g/mol. The molecule has 2 atom stereocenters. The van der Waals surface area contributed by atoms with Gasteiger partial charge in [0.1, 0.15) is 4.58 Å². The molecule has 0 aromatic heterocycles. The first kappa shape index (κ1) is 8.32. The molecule has 12 heavy (non-hydrogen) atoms. The van der Waals surface area contributed by atoms with Crippen LogP contribution >= 0.6 is 11.8 Å². The molecule has 1 fully saturated rings. The van der Waals surface area contributed by atoms with Crippen LogP contribution < -0.4 is 0 Å². The summed E-state index contributed by atoms with van der Waals surface area (Å²) in [6.07, 6.45) is 0. The minimum absolute atomic E-state index is 0.228. The van der Waals surface area contributed by atoms with Gasteiger partial charge in [-0.15, -0.1) is 11.8 Å². The van der Waals surface area contributed by atoms with Gasteiger partial charge in [0, 0.05) is 22.3 Å². The van der Waals surface area contributed by atoms with Crippen molar-refractivity contribution in [2.24, 2.45) is 0 Å². The van der Waals surface area contributed by atoms with Crippen molar-refractivity contribution in [3.8, 4) is 0 Å². The van der Waals surface area contributed by atoms with E-state index in [1.165, 1.54) is 5.56 Å². The quantitative estimate of drug-likeness (QED) is 0.688. The highest BCUT2D eigenvalue weighted by molar-refractivity contribution is 8.13. The second-order valence-electron chi connectivity index (χ2n) is 2.70. The Hall–Kier alpha value is -0.280. The minimum atomic E-state index is -0.649. The van der Waals surface area contributed by atoms with E-state index in [1.807, 2.05) is 18.2 Å². The standard InChI is InChI=1S/C9H10OS2/c10-12-7-6-11-9(12)8-4-2-1-3-5-8/h1-5,9H,6-7H2/t9-,12?/m1/s1. The highest BCUT2D eigenvalue weighted by Gasteiger charge is 2.24. The van der Waals surface area contributed by atoms with Gasteiger partial charge in [-0.05, 0) is 5.56 Å². The van der Waals surface area contributed by atoms with Crippen LogP contribution in [0.25, 0.3) is 0 Å². The maximum Gasteiger partial charge on any atom is 0.105 e. The molecule has 1 aromatic rings. The molecule has 0 saturated carbocycles. The zero-order valence-corrected chi connectivity index (χ0v) is 8.24. The van der Waals surface area contributed by atoms with E-state index in [-0.39, 0.29) is 4.58 Å². The van der Waals surface area contributed by atoms with Gasteiger partial charge >= 0.3 is 0 Å². The SMILES string of the molecule is O=S1CCS[C@H]1c1ccccc1. The molecule has 3 heteroatoms. The van der Waals surface area contributed by atoms with E-state index in [9.17, 15) is 4.21 Å². The molecular formula is C9H10OS2. The predicted molar refractivity (Wildman–Crippen MR) is 54.7 cm³/mol. The minimum Gasteiger partial charge on any atom is -0.258 e. The van der Waals surface area contributed by atoms with E-state index in [4.69, 9.17) is 0 Å². The molecule has 0 spiro atoms. The molecule has 1 aliphatic heterocycles. The Bertz CT molecular complexity index is 284. The molecular weight excluding hydrogens is 188 g/mol. The Labute approximate surface area is 79.0 Å². The van der Waals surface area contributed by atoms with E-state index in [0.717, 1.165) is 11.5 Å². The topological polar surface area (TPSA) is 17.1 Å². The van der Waals surface area contributed by atoms with Crippen molar-refractivity contribution in [2.45, 2.75) is 4.58 Å². The molecule has 1 aromatic carbocycles. The van der Waals surface area contributed by atoms with Crippen LogP contribution in [-0.2, 0) is 10.8 Å². The summed E-state index contributed by atoms with van der Waals surface area (Å²) in [7, 11) is -0.649. The van der Waals surface area contributed by atoms with Crippen molar-refractivity contribution < 1.29 is 4.21 Å². The average Bonchev–Trinajstić information content (AvgIpc) is 2.53. The Kier molecular flexibility index (Phi) is 2.51. The van der Waals surface area contributed by atoms with Gasteiger partial charge in [0.25, 0.3) is 0 Å². The number of benzene rings is 1. The summed E-state index contributed by atoms with van der Waals surface area (Å²) in [6, 6.07) is 10.1. The fourth-order valence-electron chi connectivity index (χ4n) is 1.28. The first-order valence-electron chi connectivity index (χ1n) is 3.91. The van der Waals surface area contributed by atoms with E-state index in [1.54, 1.807) is 11.8 Å². The molecule has 0 amide bonds. The molecule has 0 N–H and O–H groups in total. The summed E-state index contributed by atoms with van der Waals surface area (Å²) >= 11 is 1.80. The third-order valence-corrected chi connectivity index (χ3v) is 5.55. The number of rotatable bonds is 1. The van der Waals surface area contributed by atoms with Gasteiger partial charge in [-0.25, -0.2) is 0 Å². The lowest BCUT2D eigenvalue weighted by Gasteiger charge is -2.06. The Balaban J connectivity index is 2.25. The molecule has 0 bridgehead atoms. The second-order valence-corrected chi connectivity index (χ2v) is 5.85. The van der Waals surface area contributed by atoms with Crippen molar-refractivity contribution in [3.05, 3.63) is 35.9 Å². The fourth-order valence-corrected chi connectivity index (χ4v) is 4.74. The maximum absolute atomic E-state index is 11.5. The Morgan fingerprint density at radius 2 is 2.08 bits per heavy atom. The largest absolute Gasteiger partial charge is 0.258 e. The van der Waals surface area contributed by atoms with Crippen LogP contribution in [0.4, 0.5) is 0 Å². The van der Waals surface area contributed by atoms with Crippen molar-refractivity contribution >= 4 is 22.6 Å². The van der Waals surface area contributed by atoms with Crippen LogP contribution in [0.5, 0.6) is 0 Å². The third kappa shape index (κ3) is 1.57. The summed E-state index contributed by atoms with van der Waals surface area (Å²) in [5.41, 5.74) is 1.21. The second kappa shape index (κ2) is 3.62. The number of thioether (sulfide) groups is 1. The van der Waals surface area contributed by atoms with Gasteiger partial charge in [0.2, 0.25) is 0 Å². The van der Waals surface area contributed by atoms with Crippen molar-refractivity contribution in [2.75, 3.05) is 11.5 Å². The molecule has 1 heterocycles. The molecule has 0 aliphatic carbocycles. The van der Waals surface area contributed by atoms with E-state index in [0.29, 0.717) is 0 Å². The molecule has 2 rings (SSSR count). The normalized spacial score (nSPS) is 29.0. The van der Waals surface area contributed by atoms with Crippen molar-refractivity contribution in [3.63, 3.8) is 0 Å². The van der Waals surface area contributed by atoms with Gasteiger partial charge in [0.05, 0.1) is 0 Å². The first-order chi connectivity index (χ1) is 5.88. The van der Waals surface area contributed by atoms with E-state index >= 15 is 0 Å². The Morgan fingerprint density at radius 1 is 1.33 bits per heavy atom. The zero-order chi connectivity index (χ0) is 8.39. The lowest BCUT2D eigenvalue weighted by atomic mass is 10.2. The predicted octanol–water partition coefficient (Wildman–Crippen LogP) is 2.18. The molecule has 1 nitrogen and oxygen atoms in total. The van der Waals surface area contributed by atoms with Crippen LogP contribution in [0.3, 0.4) is 0 Å². The smallest absolute Gasteiger partial charge is 0.105 e. The summed E-state index contributed by atoms with van der Waals surface area (Å²) in [4.78, 5) is 0. The molecule has 0 radical (unpaired) electrons. The lowest BCUT2D eigenvalue weighted by molar-refractivity contribution is 0.684. The van der Waals surface area contributed by atoms with Crippen molar-refractivity contribution in [1.82, 2.24) is 0 Å². The van der Waals surface area contributed by atoms with Gasteiger partial charge in [-0.2, -0.15) is 0 Å². The summed E-state index contributed by atoms with van der Waals surface area (Å²) in [6.45, 7) is 0. The number of hydrogen-bond acceptors (Lipinski definition) is 2. The van der Waals surface area contributed by atoms with E-state index in [2.05, 4.69) is 12.1 Å². The first-order valence-corrected chi connectivity index (χ1v) is 6.35. The summed E-state index contributed by atoms with van der Waals surface area (Å²) in [5.74, 6) is 1.89. The fraction of sp³-hybridized carbons (Fsp3) is 0.333.